The third kappa shape index (κ3) is 4.89. The highest BCUT2D eigenvalue weighted by atomic mass is 16.4. The minimum Gasteiger partial charge on any atom is -0.463 e. The maximum absolute atomic E-state index is 10.6. The van der Waals surface area contributed by atoms with Gasteiger partial charge in [0.1, 0.15) is 17.1 Å². The molecule has 2 aromatic heterocycles. The second-order valence-electron chi connectivity index (χ2n) is 5.92. The maximum Gasteiger partial charge on any atom is 0.191 e. The van der Waals surface area contributed by atoms with Crippen LogP contribution in [-0.2, 0) is 19.2 Å². The lowest BCUT2D eigenvalue weighted by atomic mass is 10.0. The predicted molar refractivity (Wildman–Crippen MR) is 91.2 cm³/mol. The maximum atomic E-state index is 10.6. The van der Waals surface area contributed by atoms with Crippen LogP contribution in [0.3, 0.4) is 0 Å². The molecule has 23 heavy (non-hydrogen) atoms. The van der Waals surface area contributed by atoms with Crippen LogP contribution in [0, 0.1) is 6.92 Å². The first-order chi connectivity index (χ1) is 10.9. The molecule has 0 aliphatic carbocycles. The van der Waals surface area contributed by atoms with Gasteiger partial charge in [-0.15, -0.1) is 0 Å². The van der Waals surface area contributed by atoms with Gasteiger partial charge in [-0.05, 0) is 44.5 Å². The van der Waals surface area contributed by atoms with E-state index >= 15 is 0 Å². The average molecular weight is 318 g/mol. The van der Waals surface area contributed by atoms with Gasteiger partial charge in [-0.2, -0.15) is 0 Å². The lowest BCUT2D eigenvalue weighted by Gasteiger charge is -2.22. The van der Waals surface area contributed by atoms with Crippen molar-refractivity contribution in [2.45, 2.75) is 32.9 Å². The van der Waals surface area contributed by atoms with Gasteiger partial charge in [-0.25, -0.2) is 4.99 Å². The summed E-state index contributed by atoms with van der Waals surface area (Å²) in [6.45, 7) is 7.23. The van der Waals surface area contributed by atoms with E-state index in [0.29, 0.717) is 24.8 Å². The van der Waals surface area contributed by atoms with E-state index in [-0.39, 0.29) is 0 Å². The number of nitrogens with one attached hydrogen (secondary N) is 2. The molecule has 0 fully saturated rings. The number of nitrogens with zero attached hydrogens (tertiary/aromatic N) is 2. The van der Waals surface area contributed by atoms with Gasteiger partial charge < -0.3 is 24.7 Å². The lowest BCUT2D eigenvalue weighted by Crippen LogP contribution is -2.44. The molecular formula is C17H26N4O2. The van der Waals surface area contributed by atoms with Crippen molar-refractivity contribution in [1.82, 2.24) is 15.2 Å². The van der Waals surface area contributed by atoms with Crippen LogP contribution in [0.25, 0.3) is 0 Å². The molecule has 0 aliphatic heterocycles. The van der Waals surface area contributed by atoms with Crippen LogP contribution in [0.2, 0.25) is 0 Å². The quantitative estimate of drug-likeness (QED) is 0.562. The number of furan rings is 1. The number of hydrogen-bond acceptors (Lipinski definition) is 3. The first kappa shape index (κ1) is 17.1. The Labute approximate surface area is 137 Å². The third-order valence-electron chi connectivity index (χ3n) is 3.53. The Hall–Kier alpha value is -2.21. The fourth-order valence-electron chi connectivity index (χ4n) is 2.23. The summed E-state index contributed by atoms with van der Waals surface area (Å²) >= 11 is 0. The van der Waals surface area contributed by atoms with Crippen LogP contribution in [0.4, 0.5) is 0 Å². The van der Waals surface area contributed by atoms with E-state index in [1.54, 1.807) is 13.0 Å². The average Bonchev–Trinajstić information content (AvgIpc) is 3.11. The van der Waals surface area contributed by atoms with Gasteiger partial charge in [0.25, 0.3) is 0 Å². The van der Waals surface area contributed by atoms with Crippen molar-refractivity contribution in [3.63, 3.8) is 0 Å². The summed E-state index contributed by atoms with van der Waals surface area (Å²) in [7, 11) is 1.99. The van der Waals surface area contributed by atoms with Crippen molar-refractivity contribution >= 4 is 5.96 Å². The van der Waals surface area contributed by atoms with E-state index in [4.69, 9.17) is 4.42 Å². The molecule has 6 nitrogen and oxygen atoms in total. The summed E-state index contributed by atoms with van der Waals surface area (Å²) in [5.41, 5.74) is 0.0371. The van der Waals surface area contributed by atoms with E-state index in [0.717, 1.165) is 17.9 Å². The van der Waals surface area contributed by atoms with E-state index in [2.05, 4.69) is 15.6 Å². The van der Waals surface area contributed by atoms with E-state index in [1.807, 2.05) is 50.0 Å². The molecule has 0 amide bonds. The largest absolute Gasteiger partial charge is 0.463 e. The van der Waals surface area contributed by atoms with Gasteiger partial charge in [0.15, 0.2) is 5.96 Å². The summed E-state index contributed by atoms with van der Waals surface area (Å²) in [6, 6.07) is 5.68. The normalized spacial score (nSPS) is 14.6. The zero-order valence-electron chi connectivity index (χ0n) is 14.3. The monoisotopic (exact) mass is 318 g/mol. The molecule has 2 aromatic rings. The van der Waals surface area contributed by atoms with Gasteiger partial charge in [0, 0.05) is 26.0 Å². The summed E-state index contributed by atoms with van der Waals surface area (Å²) < 4.78 is 7.51. The van der Waals surface area contributed by atoms with Crippen LogP contribution >= 0.6 is 0 Å². The summed E-state index contributed by atoms with van der Waals surface area (Å²) in [5.74, 6) is 1.99. The van der Waals surface area contributed by atoms with Crippen molar-refractivity contribution in [2.75, 3.05) is 13.1 Å². The molecule has 0 spiro atoms. The highest BCUT2D eigenvalue weighted by Gasteiger charge is 2.27. The number of rotatable bonds is 6. The minimum absolute atomic E-state index is 0.306. The number of guanidine groups is 1. The Morgan fingerprint density at radius 2 is 2.13 bits per heavy atom. The Bertz CT molecular complexity index is 655. The molecule has 0 saturated heterocycles. The van der Waals surface area contributed by atoms with Crippen molar-refractivity contribution < 1.29 is 9.52 Å². The first-order valence-electron chi connectivity index (χ1n) is 7.83. The highest BCUT2D eigenvalue weighted by molar-refractivity contribution is 5.79. The predicted octanol–water partition coefficient (Wildman–Crippen LogP) is 1.89. The Morgan fingerprint density at radius 1 is 1.35 bits per heavy atom. The molecule has 126 valence electrons. The van der Waals surface area contributed by atoms with Crippen molar-refractivity contribution in [3.05, 3.63) is 47.7 Å². The third-order valence-corrected chi connectivity index (χ3v) is 3.53. The van der Waals surface area contributed by atoms with Crippen LogP contribution in [-0.4, -0.2) is 28.7 Å². The molecule has 1 atom stereocenters. The Morgan fingerprint density at radius 3 is 2.70 bits per heavy atom. The number of aliphatic hydroxyl groups is 1. The van der Waals surface area contributed by atoms with E-state index < -0.39 is 5.60 Å². The molecule has 2 heterocycles. The van der Waals surface area contributed by atoms with Crippen LogP contribution < -0.4 is 10.6 Å². The zero-order chi connectivity index (χ0) is 16.9. The number of aliphatic imine (C=N–C) groups is 1. The SMILES string of the molecule is CCNC(=NCc1ccn(C)c1)NCC(C)(O)c1ccc(C)o1. The van der Waals surface area contributed by atoms with Gasteiger partial charge >= 0.3 is 0 Å². The molecule has 1 unspecified atom stereocenters. The zero-order valence-corrected chi connectivity index (χ0v) is 14.3. The van der Waals surface area contributed by atoms with Crippen LogP contribution in [0.1, 0.15) is 30.9 Å². The Balaban J connectivity index is 1.98. The molecule has 0 aliphatic rings. The lowest BCUT2D eigenvalue weighted by molar-refractivity contribution is 0.0378. The van der Waals surface area contributed by atoms with Gasteiger partial charge in [-0.1, -0.05) is 0 Å². The topological polar surface area (TPSA) is 74.7 Å². The highest BCUT2D eigenvalue weighted by Crippen LogP contribution is 2.21. The molecule has 2 rings (SSSR count). The molecule has 0 radical (unpaired) electrons. The van der Waals surface area contributed by atoms with E-state index in [1.165, 1.54) is 0 Å². The van der Waals surface area contributed by atoms with Gasteiger partial charge in [0.2, 0.25) is 0 Å². The van der Waals surface area contributed by atoms with Crippen LogP contribution in [0.5, 0.6) is 0 Å². The second-order valence-corrected chi connectivity index (χ2v) is 5.92. The molecule has 0 saturated carbocycles. The summed E-state index contributed by atoms with van der Waals surface area (Å²) in [6.07, 6.45) is 4.03. The smallest absolute Gasteiger partial charge is 0.191 e. The number of hydrogen-bond donors (Lipinski definition) is 3. The molecule has 0 aromatic carbocycles. The minimum atomic E-state index is -1.10. The fraction of sp³-hybridized carbons (Fsp3) is 0.471. The molecular weight excluding hydrogens is 292 g/mol. The Kier molecular flexibility index (Phi) is 5.50. The first-order valence-corrected chi connectivity index (χ1v) is 7.83. The number of aromatic nitrogens is 1. The van der Waals surface area contributed by atoms with Crippen LogP contribution in [0.15, 0.2) is 40.0 Å². The summed E-state index contributed by atoms with van der Waals surface area (Å²) in [5, 5.41) is 16.9. The number of aryl methyl sites for hydroxylation is 2. The van der Waals surface area contributed by atoms with Crippen molar-refractivity contribution in [3.8, 4) is 0 Å². The fourth-order valence-corrected chi connectivity index (χ4v) is 2.23. The van der Waals surface area contributed by atoms with Crippen molar-refractivity contribution in [1.29, 1.82) is 0 Å². The molecule has 3 N–H and O–H groups in total. The molecule has 0 bridgehead atoms. The second kappa shape index (κ2) is 7.37. The van der Waals surface area contributed by atoms with Crippen molar-refractivity contribution in [2.24, 2.45) is 12.0 Å². The molecule has 6 heteroatoms. The summed E-state index contributed by atoms with van der Waals surface area (Å²) in [4.78, 5) is 4.54. The van der Waals surface area contributed by atoms with Gasteiger partial charge in [0.05, 0.1) is 13.1 Å². The van der Waals surface area contributed by atoms with E-state index in [9.17, 15) is 5.11 Å². The standard InChI is InChI=1S/C17H26N4O2/c1-5-18-16(19-10-14-8-9-21(4)11-14)20-12-17(3,22)15-7-6-13(2)23-15/h6-9,11,22H,5,10,12H2,1-4H3,(H2,18,19,20). The van der Waals surface area contributed by atoms with Gasteiger partial charge in [-0.3, -0.25) is 0 Å².